The Kier molecular flexibility index (Phi) is 6.29. The molecule has 0 aromatic heterocycles. The lowest BCUT2D eigenvalue weighted by atomic mass is 10.1. The maximum atomic E-state index is 13.1. The van der Waals surface area contributed by atoms with Gasteiger partial charge >= 0.3 is 6.18 Å². The zero-order chi connectivity index (χ0) is 17.8. The quantitative estimate of drug-likeness (QED) is 0.834. The van der Waals surface area contributed by atoms with E-state index < -0.39 is 39.9 Å². The summed E-state index contributed by atoms with van der Waals surface area (Å²) in [6.07, 6.45) is -3.47. The Morgan fingerprint density at radius 1 is 1.35 bits per heavy atom. The number of alkyl halides is 3. The summed E-state index contributed by atoms with van der Waals surface area (Å²) in [6, 6.07) is 2.69. The van der Waals surface area contributed by atoms with Gasteiger partial charge in [-0.1, -0.05) is 18.5 Å². The Hall–Kier alpha value is -1.48. The van der Waals surface area contributed by atoms with Crippen LogP contribution in [0.3, 0.4) is 0 Å². The molecule has 0 radical (unpaired) electrons. The summed E-state index contributed by atoms with van der Waals surface area (Å²) in [7, 11) is -4.10. The van der Waals surface area contributed by atoms with Crippen LogP contribution in [-0.4, -0.2) is 33.7 Å². The maximum absolute atomic E-state index is 13.1. The number of amides is 1. The number of carbonyl (C=O) groups is 1. The van der Waals surface area contributed by atoms with Gasteiger partial charge in [0.15, 0.2) is 0 Å². The van der Waals surface area contributed by atoms with E-state index in [9.17, 15) is 26.4 Å². The second-order valence-electron chi connectivity index (χ2n) is 4.78. The Morgan fingerprint density at radius 3 is 2.43 bits per heavy atom. The standard InChI is InChI=1S/C13H16ClF3N2O3S/c1-3-6-18-12(20)8-19(23(2,21)22)11-5-4-9(14)7-10(11)13(15,16)17/h4-5,7H,3,6,8H2,1-2H3,(H,18,20). The van der Waals surface area contributed by atoms with Crippen molar-refractivity contribution < 1.29 is 26.4 Å². The normalized spacial score (nSPS) is 12.1. The third kappa shape index (κ3) is 5.58. The van der Waals surface area contributed by atoms with Crippen molar-refractivity contribution in [2.75, 3.05) is 23.7 Å². The zero-order valence-electron chi connectivity index (χ0n) is 12.4. The molecule has 1 aromatic rings. The molecule has 0 atom stereocenters. The highest BCUT2D eigenvalue weighted by Gasteiger charge is 2.37. The van der Waals surface area contributed by atoms with Gasteiger partial charge in [0, 0.05) is 11.6 Å². The molecule has 0 heterocycles. The maximum Gasteiger partial charge on any atom is 0.418 e. The lowest BCUT2D eigenvalue weighted by molar-refractivity contribution is -0.137. The monoisotopic (exact) mass is 372 g/mol. The number of benzene rings is 1. The van der Waals surface area contributed by atoms with E-state index in [-0.39, 0.29) is 5.02 Å². The number of sulfonamides is 1. The summed E-state index contributed by atoms with van der Waals surface area (Å²) in [5, 5.41) is 2.23. The zero-order valence-corrected chi connectivity index (χ0v) is 14.0. The van der Waals surface area contributed by atoms with Crippen LogP contribution < -0.4 is 9.62 Å². The lowest BCUT2D eigenvalue weighted by Crippen LogP contribution is -2.41. The van der Waals surface area contributed by atoms with E-state index in [4.69, 9.17) is 11.6 Å². The Bertz CT molecular complexity index is 678. The van der Waals surface area contributed by atoms with Crippen molar-refractivity contribution in [2.24, 2.45) is 0 Å². The Balaban J connectivity index is 3.32. The first-order valence-corrected chi connectivity index (χ1v) is 8.80. The molecule has 0 bridgehead atoms. The van der Waals surface area contributed by atoms with Crippen molar-refractivity contribution in [1.29, 1.82) is 0 Å². The molecule has 0 aliphatic rings. The number of nitrogens with one attached hydrogen (secondary N) is 1. The molecule has 0 spiro atoms. The van der Waals surface area contributed by atoms with Gasteiger partial charge in [-0.05, 0) is 24.6 Å². The molecule has 130 valence electrons. The molecule has 23 heavy (non-hydrogen) atoms. The highest BCUT2D eigenvalue weighted by atomic mass is 35.5. The molecule has 0 fully saturated rings. The first kappa shape index (κ1) is 19.6. The third-order valence-electron chi connectivity index (χ3n) is 2.79. The number of hydrogen-bond donors (Lipinski definition) is 1. The molecule has 0 aliphatic heterocycles. The number of hydrogen-bond acceptors (Lipinski definition) is 3. The van der Waals surface area contributed by atoms with Gasteiger partial charge < -0.3 is 5.32 Å². The first-order valence-electron chi connectivity index (χ1n) is 6.58. The van der Waals surface area contributed by atoms with Crippen LogP contribution in [0.2, 0.25) is 5.02 Å². The van der Waals surface area contributed by atoms with Gasteiger partial charge in [0.2, 0.25) is 15.9 Å². The largest absolute Gasteiger partial charge is 0.418 e. The van der Waals surface area contributed by atoms with Gasteiger partial charge in [-0.2, -0.15) is 13.2 Å². The molecule has 1 rings (SSSR count). The van der Waals surface area contributed by atoms with E-state index in [0.29, 0.717) is 23.3 Å². The number of nitrogens with zero attached hydrogens (tertiary/aromatic N) is 1. The minimum atomic E-state index is -4.82. The minimum absolute atomic E-state index is 0.190. The molecule has 1 N–H and O–H groups in total. The van der Waals surface area contributed by atoms with Gasteiger partial charge in [0.05, 0.1) is 17.5 Å². The van der Waals surface area contributed by atoms with Crippen molar-refractivity contribution in [3.05, 3.63) is 28.8 Å². The van der Waals surface area contributed by atoms with Crippen LogP contribution >= 0.6 is 11.6 Å². The van der Waals surface area contributed by atoms with Gasteiger partial charge in [-0.15, -0.1) is 0 Å². The van der Waals surface area contributed by atoms with Crippen LogP contribution in [0.15, 0.2) is 18.2 Å². The van der Waals surface area contributed by atoms with Crippen LogP contribution in [-0.2, 0) is 21.0 Å². The average Bonchev–Trinajstić information content (AvgIpc) is 2.40. The number of halogens is 4. The third-order valence-corrected chi connectivity index (χ3v) is 4.15. The molecular weight excluding hydrogens is 357 g/mol. The fourth-order valence-corrected chi connectivity index (χ4v) is 2.82. The van der Waals surface area contributed by atoms with Crippen LogP contribution in [0, 0.1) is 0 Å². The van der Waals surface area contributed by atoms with E-state index in [0.717, 1.165) is 18.4 Å². The summed E-state index contributed by atoms with van der Waals surface area (Å²) in [5.74, 6) is -0.694. The summed E-state index contributed by atoms with van der Waals surface area (Å²) in [6.45, 7) is 1.34. The minimum Gasteiger partial charge on any atom is -0.355 e. The average molecular weight is 373 g/mol. The van der Waals surface area contributed by atoms with E-state index in [2.05, 4.69) is 5.32 Å². The second-order valence-corrected chi connectivity index (χ2v) is 7.12. The molecule has 1 amide bonds. The van der Waals surface area contributed by atoms with E-state index in [1.807, 2.05) is 0 Å². The highest BCUT2D eigenvalue weighted by Crippen LogP contribution is 2.38. The first-order chi connectivity index (χ1) is 10.5. The smallest absolute Gasteiger partial charge is 0.355 e. The molecule has 1 aromatic carbocycles. The van der Waals surface area contributed by atoms with Crippen molar-refractivity contribution >= 4 is 33.2 Å². The Labute approximate surface area is 137 Å². The molecule has 5 nitrogen and oxygen atoms in total. The second kappa shape index (κ2) is 7.39. The number of rotatable bonds is 6. The number of anilines is 1. The highest BCUT2D eigenvalue weighted by molar-refractivity contribution is 7.92. The van der Waals surface area contributed by atoms with Crippen LogP contribution in [0.1, 0.15) is 18.9 Å². The van der Waals surface area contributed by atoms with Crippen LogP contribution in [0.25, 0.3) is 0 Å². The molecular formula is C13H16ClF3N2O3S. The summed E-state index contributed by atoms with van der Waals surface area (Å²) >= 11 is 5.57. The van der Waals surface area contributed by atoms with Gasteiger partial charge in [-0.3, -0.25) is 9.10 Å². The predicted octanol–water partition coefficient (Wildman–Crippen LogP) is 2.65. The van der Waals surface area contributed by atoms with Crippen LogP contribution in [0.4, 0.5) is 18.9 Å². The van der Waals surface area contributed by atoms with Gasteiger partial charge in [-0.25, -0.2) is 8.42 Å². The summed E-state index contributed by atoms with van der Waals surface area (Å²) in [4.78, 5) is 11.7. The summed E-state index contributed by atoms with van der Waals surface area (Å²) < 4.78 is 63.5. The van der Waals surface area contributed by atoms with E-state index in [1.54, 1.807) is 6.92 Å². The lowest BCUT2D eigenvalue weighted by Gasteiger charge is -2.25. The molecule has 0 aliphatic carbocycles. The van der Waals surface area contributed by atoms with Crippen LogP contribution in [0.5, 0.6) is 0 Å². The molecule has 0 unspecified atom stereocenters. The van der Waals surface area contributed by atoms with Crippen molar-refractivity contribution in [3.8, 4) is 0 Å². The van der Waals surface area contributed by atoms with Crippen molar-refractivity contribution in [1.82, 2.24) is 5.32 Å². The van der Waals surface area contributed by atoms with E-state index >= 15 is 0 Å². The van der Waals surface area contributed by atoms with Gasteiger partial charge in [0.25, 0.3) is 0 Å². The molecule has 0 saturated heterocycles. The van der Waals surface area contributed by atoms with Crippen molar-refractivity contribution in [2.45, 2.75) is 19.5 Å². The fraction of sp³-hybridized carbons (Fsp3) is 0.462. The fourth-order valence-electron chi connectivity index (χ4n) is 1.78. The predicted molar refractivity (Wildman–Crippen MR) is 81.9 cm³/mol. The number of carbonyl (C=O) groups excluding carboxylic acids is 1. The molecule has 0 saturated carbocycles. The Morgan fingerprint density at radius 2 is 1.96 bits per heavy atom. The van der Waals surface area contributed by atoms with Gasteiger partial charge in [0.1, 0.15) is 6.54 Å². The topological polar surface area (TPSA) is 66.5 Å². The van der Waals surface area contributed by atoms with E-state index in [1.165, 1.54) is 0 Å². The van der Waals surface area contributed by atoms with Crippen molar-refractivity contribution in [3.63, 3.8) is 0 Å². The SMILES string of the molecule is CCCNC(=O)CN(c1ccc(Cl)cc1C(F)(F)F)S(C)(=O)=O. The molecule has 10 heteroatoms. The summed E-state index contributed by atoms with van der Waals surface area (Å²) in [5.41, 5.74) is -1.87.